The molecule has 1 aromatic heterocycles. The molecule has 4 heterocycles. The lowest BCUT2D eigenvalue weighted by molar-refractivity contribution is -0.130. The van der Waals surface area contributed by atoms with Gasteiger partial charge in [0.15, 0.2) is 0 Å². The number of piperidine rings is 1. The van der Waals surface area contributed by atoms with Gasteiger partial charge in [0.1, 0.15) is 12.4 Å². The Kier molecular flexibility index (Phi) is 7.84. The van der Waals surface area contributed by atoms with Crippen molar-refractivity contribution >= 4 is 17.2 Å². The lowest BCUT2D eigenvalue weighted by atomic mass is 10.1. The van der Waals surface area contributed by atoms with Crippen molar-refractivity contribution in [3.8, 4) is 5.75 Å². The molecule has 0 aliphatic carbocycles. The van der Waals surface area contributed by atoms with Crippen molar-refractivity contribution in [1.82, 2.24) is 19.6 Å². The summed E-state index contributed by atoms with van der Waals surface area (Å²) in [5.74, 6) is 1.22. The summed E-state index contributed by atoms with van der Waals surface area (Å²) >= 11 is 1.90. The average molecular weight is 483 g/mol. The summed E-state index contributed by atoms with van der Waals surface area (Å²) in [5.41, 5.74) is 4.10. The monoisotopic (exact) mass is 482 g/mol. The van der Waals surface area contributed by atoms with E-state index < -0.39 is 0 Å². The number of fused-ring (bicyclic) bond motifs is 1. The van der Waals surface area contributed by atoms with Gasteiger partial charge in [-0.3, -0.25) is 19.5 Å². The summed E-state index contributed by atoms with van der Waals surface area (Å²) in [4.78, 5) is 22.6. The Morgan fingerprint density at radius 3 is 2.41 bits per heavy atom. The second kappa shape index (κ2) is 11.2. The Balaban J connectivity index is 1.17. The normalized spacial score (nSPS) is 20.6. The molecule has 7 heteroatoms. The molecule has 1 amide bonds. The van der Waals surface area contributed by atoms with Crippen LogP contribution in [0.25, 0.3) is 0 Å². The zero-order valence-electron chi connectivity index (χ0n) is 20.5. The fourth-order valence-corrected chi connectivity index (χ4v) is 6.32. The molecule has 0 atom stereocenters. The first kappa shape index (κ1) is 23.8. The molecule has 1 aromatic carbocycles. The van der Waals surface area contributed by atoms with Crippen molar-refractivity contribution in [3.05, 3.63) is 51.2 Å². The summed E-state index contributed by atoms with van der Waals surface area (Å²) in [7, 11) is 0. The minimum atomic E-state index is 0.186. The Morgan fingerprint density at radius 1 is 0.853 bits per heavy atom. The minimum Gasteiger partial charge on any atom is -0.492 e. The van der Waals surface area contributed by atoms with Crippen LogP contribution in [0.15, 0.2) is 29.6 Å². The van der Waals surface area contributed by atoms with E-state index in [0.29, 0.717) is 0 Å². The van der Waals surface area contributed by atoms with E-state index in [1.165, 1.54) is 53.9 Å². The molecule has 0 radical (unpaired) electrons. The number of benzene rings is 1. The number of hydrogen-bond acceptors (Lipinski definition) is 6. The van der Waals surface area contributed by atoms with E-state index in [0.717, 1.165) is 71.3 Å². The number of ether oxygens (including phenoxy) is 1. The van der Waals surface area contributed by atoms with Gasteiger partial charge in [-0.1, -0.05) is 12.5 Å². The number of nitrogens with zero attached hydrogens (tertiary/aromatic N) is 4. The van der Waals surface area contributed by atoms with E-state index >= 15 is 0 Å². The predicted molar refractivity (Wildman–Crippen MR) is 137 cm³/mol. The first-order chi connectivity index (χ1) is 16.6. The SMILES string of the molecule is CC(=O)N1CCN(Cc2ccc3c(c2)CN(Cc2cc(CN4CCCCC4)cs2)CCO3)CC1. The Hall–Kier alpha value is -1.93. The molecule has 0 unspecified atom stereocenters. The van der Waals surface area contributed by atoms with Gasteiger partial charge in [-0.2, -0.15) is 0 Å². The zero-order valence-corrected chi connectivity index (χ0v) is 21.3. The van der Waals surface area contributed by atoms with Crippen LogP contribution < -0.4 is 4.74 Å². The zero-order chi connectivity index (χ0) is 23.3. The largest absolute Gasteiger partial charge is 0.492 e. The maximum atomic E-state index is 11.6. The molecule has 3 aliphatic rings. The van der Waals surface area contributed by atoms with Gasteiger partial charge in [0, 0.05) is 76.3 Å². The quantitative estimate of drug-likeness (QED) is 0.627. The highest BCUT2D eigenvalue weighted by molar-refractivity contribution is 7.10. The van der Waals surface area contributed by atoms with Crippen molar-refractivity contribution in [1.29, 1.82) is 0 Å². The van der Waals surface area contributed by atoms with Gasteiger partial charge in [-0.25, -0.2) is 0 Å². The van der Waals surface area contributed by atoms with Gasteiger partial charge in [0.25, 0.3) is 0 Å². The molecule has 6 nitrogen and oxygen atoms in total. The van der Waals surface area contributed by atoms with E-state index in [1.807, 2.05) is 16.2 Å². The molecule has 5 rings (SSSR count). The number of piperazine rings is 1. The summed E-state index contributed by atoms with van der Waals surface area (Å²) in [6.07, 6.45) is 4.09. The molecule has 2 saturated heterocycles. The second-order valence-electron chi connectivity index (χ2n) is 10.0. The molecular weight excluding hydrogens is 444 g/mol. The van der Waals surface area contributed by atoms with Gasteiger partial charge >= 0.3 is 0 Å². The van der Waals surface area contributed by atoms with Crippen LogP contribution in [0.2, 0.25) is 0 Å². The van der Waals surface area contributed by atoms with Crippen LogP contribution in [0, 0.1) is 0 Å². The van der Waals surface area contributed by atoms with Crippen molar-refractivity contribution in [2.75, 3.05) is 52.4 Å². The summed E-state index contributed by atoms with van der Waals surface area (Å²) in [6.45, 7) is 13.4. The summed E-state index contributed by atoms with van der Waals surface area (Å²) in [5, 5.41) is 2.36. The third kappa shape index (κ3) is 6.19. The van der Waals surface area contributed by atoms with Crippen molar-refractivity contribution in [3.63, 3.8) is 0 Å². The molecular formula is C27H38N4O2S. The molecule has 0 bridgehead atoms. The first-order valence-corrected chi connectivity index (χ1v) is 13.7. The minimum absolute atomic E-state index is 0.186. The average Bonchev–Trinajstić information content (AvgIpc) is 3.17. The molecule has 0 N–H and O–H groups in total. The fraction of sp³-hybridized carbons (Fsp3) is 0.593. The molecule has 0 spiro atoms. The molecule has 2 aromatic rings. The van der Waals surface area contributed by atoms with Crippen LogP contribution in [0.5, 0.6) is 5.75 Å². The van der Waals surface area contributed by atoms with Gasteiger partial charge in [0.05, 0.1) is 0 Å². The van der Waals surface area contributed by atoms with E-state index in [1.54, 1.807) is 6.92 Å². The summed E-state index contributed by atoms with van der Waals surface area (Å²) in [6, 6.07) is 9.12. The maximum absolute atomic E-state index is 11.6. The fourth-order valence-electron chi connectivity index (χ4n) is 5.40. The molecule has 3 aliphatic heterocycles. The van der Waals surface area contributed by atoms with Gasteiger partial charge in [0.2, 0.25) is 5.91 Å². The third-order valence-electron chi connectivity index (χ3n) is 7.35. The lowest BCUT2D eigenvalue weighted by Gasteiger charge is -2.34. The molecule has 34 heavy (non-hydrogen) atoms. The number of hydrogen-bond donors (Lipinski definition) is 0. The van der Waals surface area contributed by atoms with E-state index in [9.17, 15) is 4.79 Å². The highest BCUT2D eigenvalue weighted by atomic mass is 32.1. The highest BCUT2D eigenvalue weighted by Crippen LogP contribution is 2.27. The molecule has 184 valence electrons. The Bertz CT molecular complexity index is 963. The van der Waals surface area contributed by atoms with E-state index in [-0.39, 0.29) is 5.91 Å². The number of carbonyl (C=O) groups excluding carboxylic acids is 1. The van der Waals surface area contributed by atoms with Crippen molar-refractivity contribution in [2.24, 2.45) is 0 Å². The number of thiophene rings is 1. The lowest BCUT2D eigenvalue weighted by Crippen LogP contribution is -2.47. The van der Waals surface area contributed by atoms with Crippen LogP contribution in [0.3, 0.4) is 0 Å². The topological polar surface area (TPSA) is 39.3 Å². The van der Waals surface area contributed by atoms with E-state index in [2.05, 4.69) is 44.3 Å². The Labute approximate surface area is 208 Å². The van der Waals surface area contributed by atoms with Crippen LogP contribution in [-0.4, -0.2) is 77.9 Å². The number of rotatable bonds is 6. The third-order valence-corrected chi connectivity index (χ3v) is 8.32. The van der Waals surface area contributed by atoms with Crippen LogP contribution in [-0.2, 0) is 31.0 Å². The maximum Gasteiger partial charge on any atom is 0.219 e. The number of likely N-dealkylation sites (tertiary alicyclic amines) is 1. The standard InChI is InChI=1S/C27H38N4O2S/c1-22(32)31-11-9-29(10-12-31)17-23-5-6-27-25(15-23)19-30(13-14-33-27)20-26-16-24(21-34-26)18-28-7-3-2-4-8-28/h5-6,15-16,21H,2-4,7-14,17-20H2,1H3. The molecule has 2 fully saturated rings. The van der Waals surface area contributed by atoms with Crippen LogP contribution in [0.4, 0.5) is 0 Å². The Morgan fingerprint density at radius 2 is 1.62 bits per heavy atom. The van der Waals surface area contributed by atoms with Crippen molar-refractivity contribution in [2.45, 2.75) is 52.4 Å². The van der Waals surface area contributed by atoms with Gasteiger partial charge in [-0.15, -0.1) is 11.3 Å². The summed E-state index contributed by atoms with van der Waals surface area (Å²) < 4.78 is 6.10. The highest BCUT2D eigenvalue weighted by Gasteiger charge is 2.21. The van der Waals surface area contributed by atoms with Gasteiger partial charge in [-0.05, 0) is 60.6 Å². The number of amides is 1. The first-order valence-electron chi connectivity index (χ1n) is 12.9. The van der Waals surface area contributed by atoms with Gasteiger partial charge < -0.3 is 9.64 Å². The smallest absolute Gasteiger partial charge is 0.219 e. The van der Waals surface area contributed by atoms with Crippen molar-refractivity contribution < 1.29 is 9.53 Å². The van der Waals surface area contributed by atoms with E-state index in [4.69, 9.17) is 4.74 Å². The number of carbonyl (C=O) groups is 1. The second-order valence-corrected chi connectivity index (χ2v) is 11.0. The van der Waals surface area contributed by atoms with Crippen LogP contribution in [0.1, 0.15) is 47.8 Å². The predicted octanol–water partition coefficient (Wildman–Crippen LogP) is 3.79. The van der Waals surface area contributed by atoms with Crippen LogP contribution >= 0.6 is 11.3 Å². The molecule has 0 saturated carbocycles.